The molecule has 0 radical (unpaired) electrons. The van der Waals surface area contributed by atoms with Gasteiger partial charge in [-0.15, -0.1) is 0 Å². The fourth-order valence-electron chi connectivity index (χ4n) is 1.98. The van der Waals surface area contributed by atoms with Gasteiger partial charge in [-0.2, -0.15) is 11.8 Å². The largest absolute Gasteiger partial charge is 0.351 e. The summed E-state index contributed by atoms with van der Waals surface area (Å²) in [5, 5.41) is 5.81. The lowest BCUT2D eigenvalue weighted by Gasteiger charge is -2.19. The van der Waals surface area contributed by atoms with Crippen LogP contribution in [0.1, 0.15) is 26.2 Å². The molecule has 0 spiro atoms. The first kappa shape index (κ1) is 13.3. The summed E-state index contributed by atoms with van der Waals surface area (Å²) in [4.78, 5) is 21.6. The second-order valence-corrected chi connectivity index (χ2v) is 5.34. The van der Waals surface area contributed by atoms with Crippen molar-refractivity contribution in [3.63, 3.8) is 0 Å². The number of carbonyl (C=O) groups excluding carboxylic acids is 2. The highest BCUT2D eigenvalue weighted by Gasteiger charge is 2.26. The van der Waals surface area contributed by atoms with Gasteiger partial charge in [0.25, 0.3) is 0 Å². The molecular weight excluding hydrogens is 226 g/mol. The van der Waals surface area contributed by atoms with Crippen molar-refractivity contribution in [2.24, 2.45) is 5.73 Å². The van der Waals surface area contributed by atoms with Crippen molar-refractivity contribution >= 4 is 23.7 Å². The van der Waals surface area contributed by atoms with Crippen LogP contribution >= 0.6 is 11.8 Å². The molecule has 1 saturated carbocycles. The van der Waals surface area contributed by atoms with Crippen molar-refractivity contribution in [1.29, 1.82) is 0 Å². The van der Waals surface area contributed by atoms with E-state index in [1.165, 1.54) is 12.8 Å². The van der Waals surface area contributed by atoms with Gasteiger partial charge in [0.15, 0.2) is 0 Å². The molecule has 2 atom stereocenters. The number of rotatable bonds is 5. The molecule has 2 unspecified atom stereocenters. The first-order valence-electron chi connectivity index (χ1n) is 5.57. The summed E-state index contributed by atoms with van der Waals surface area (Å²) >= 11 is 1.93. The average Bonchev–Trinajstić information content (AvgIpc) is 2.62. The van der Waals surface area contributed by atoms with Crippen LogP contribution in [0, 0.1) is 0 Å². The van der Waals surface area contributed by atoms with Crippen LogP contribution in [-0.4, -0.2) is 35.5 Å². The van der Waals surface area contributed by atoms with Crippen LogP contribution in [0.25, 0.3) is 0 Å². The van der Waals surface area contributed by atoms with Crippen LogP contribution in [0.15, 0.2) is 0 Å². The number of primary amides is 1. The minimum atomic E-state index is -0.794. The predicted octanol–water partition coefficient (Wildman–Crippen LogP) is 0.445. The molecule has 0 aromatic carbocycles. The number of nitrogens with two attached hydrogens (primary N) is 1. The third-order valence-electron chi connectivity index (χ3n) is 2.62. The SMILES string of the molecule is CCSC1CCCC1NCC(=O)NC(N)=O. The van der Waals surface area contributed by atoms with Crippen LogP contribution in [0.3, 0.4) is 0 Å². The van der Waals surface area contributed by atoms with Gasteiger partial charge in [-0.25, -0.2) is 4.79 Å². The molecule has 0 aromatic rings. The van der Waals surface area contributed by atoms with Crippen LogP contribution in [-0.2, 0) is 4.79 Å². The van der Waals surface area contributed by atoms with E-state index in [0.29, 0.717) is 11.3 Å². The Balaban J connectivity index is 2.25. The molecule has 16 heavy (non-hydrogen) atoms. The number of thioether (sulfide) groups is 1. The van der Waals surface area contributed by atoms with Crippen molar-refractivity contribution in [2.45, 2.75) is 37.5 Å². The molecular formula is C10H19N3O2S. The predicted molar refractivity (Wildman–Crippen MR) is 65.3 cm³/mol. The Morgan fingerprint density at radius 3 is 2.81 bits per heavy atom. The van der Waals surface area contributed by atoms with Crippen molar-refractivity contribution in [1.82, 2.24) is 10.6 Å². The standard InChI is InChI=1S/C10H19N3O2S/c1-2-16-8-5-3-4-7(8)12-6-9(14)13-10(11)15/h7-8,12H,2-6H2,1H3,(H3,11,13,14,15). The number of amides is 3. The van der Waals surface area contributed by atoms with Gasteiger partial charge in [-0.05, 0) is 18.6 Å². The van der Waals surface area contributed by atoms with E-state index in [9.17, 15) is 9.59 Å². The second kappa shape index (κ2) is 6.75. The van der Waals surface area contributed by atoms with Crippen molar-refractivity contribution in [3.05, 3.63) is 0 Å². The lowest BCUT2D eigenvalue weighted by Crippen LogP contribution is -2.44. The first-order valence-corrected chi connectivity index (χ1v) is 6.62. The molecule has 0 aliphatic heterocycles. The maximum Gasteiger partial charge on any atom is 0.318 e. The minimum Gasteiger partial charge on any atom is -0.351 e. The summed E-state index contributed by atoms with van der Waals surface area (Å²) in [6.45, 7) is 2.30. The molecule has 3 amide bonds. The number of imide groups is 1. The summed E-state index contributed by atoms with van der Waals surface area (Å²) in [6.07, 6.45) is 3.50. The first-order chi connectivity index (χ1) is 7.63. The molecule has 1 aliphatic carbocycles. The maximum absolute atomic E-state index is 11.2. The van der Waals surface area contributed by atoms with Crippen LogP contribution in [0.4, 0.5) is 4.79 Å². The van der Waals surface area contributed by atoms with E-state index in [2.05, 4.69) is 12.2 Å². The van der Waals surface area contributed by atoms with Gasteiger partial charge in [0, 0.05) is 11.3 Å². The Morgan fingerprint density at radius 1 is 1.44 bits per heavy atom. The fraction of sp³-hybridized carbons (Fsp3) is 0.800. The highest BCUT2D eigenvalue weighted by molar-refractivity contribution is 7.99. The molecule has 0 heterocycles. The smallest absolute Gasteiger partial charge is 0.318 e. The Labute approximate surface area is 99.9 Å². The highest BCUT2D eigenvalue weighted by atomic mass is 32.2. The lowest BCUT2D eigenvalue weighted by molar-refractivity contribution is -0.119. The minimum absolute atomic E-state index is 0.161. The van der Waals surface area contributed by atoms with Gasteiger partial charge < -0.3 is 11.1 Å². The lowest BCUT2D eigenvalue weighted by atomic mass is 10.2. The van der Waals surface area contributed by atoms with Crippen molar-refractivity contribution in [3.8, 4) is 0 Å². The molecule has 92 valence electrons. The number of nitrogens with one attached hydrogen (secondary N) is 2. The number of hydrogen-bond donors (Lipinski definition) is 3. The topological polar surface area (TPSA) is 84.2 Å². The molecule has 6 heteroatoms. The van der Waals surface area contributed by atoms with Crippen molar-refractivity contribution in [2.75, 3.05) is 12.3 Å². The Bertz CT molecular complexity index is 260. The zero-order valence-electron chi connectivity index (χ0n) is 9.49. The Kier molecular flexibility index (Phi) is 5.62. The molecule has 0 bridgehead atoms. The van der Waals surface area contributed by atoms with Crippen molar-refractivity contribution < 1.29 is 9.59 Å². The van der Waals surface area contributed by atoms with E-state index in [1.54, 1.807) is 0 Å². The van der Waals surface area contributed by atoms with Gasteiger partial charge in [-0.1, -0.05) is 13.3 Å². The molecule has 0 saturated heterocycles. The zero-order valence-corrected chi connectivity index (χ0v) is 10.3. The van der Waals surface area contributed by atoms with E-state index in [-0.39, 0.29) is 12.5 Å². The number of hydrogen-bond acceptors (Lipinski definition) is 4. The van der Waals surface area contributed by atoms with Gasteiger partial charge >= 0.3 is 6.03 Å². The summed E-state index contributed by atoms with van der Waals surface area (Å²) in [7, 11) is 0. The summed E-state index contributed by atoms with van der Waals surface area (Å²) in [5.74, 6) is 0.732. The zero-order chi connectivity index (χ0) is 12.0. The average molecular weight is 245 g/mol. The van der Waals surface area contributed by atoms with E-state index < -0.39 is 6.03 Å². The normalized spacial score (nSPS) is 24.3. The second-order valence-electron chi connectivity index (χ2n) is 3.82. The Morgan fingerprint density at radius 2 is 2.19 bits per heavy atom. The molecule has 1 rings (SSSR count). The maximum atomic E-state index is 11.2. The molecule has 1 aliphatic rings. The van der Waals surface area contributed by atoms with Crippen LogP contribution < -0.4 is 16.4 Å². The van der Waals surface area contributed by atoms with E-state index >= 15 is 0 Å². The summed E-state index contributed by atoms with van der Waals surface area (Å²) in [5.41, 5.74) is 4.85. The van der Waals surface area contributed by atoms with Crippen LogP contribution in [0.5, 0.6) is 0 Å². The number of carbonyl (C=O) groups is 2. The number of urea groups is 1. The molecule has 0 aromatic heterocycles. The summed E-state index contributed by atoms with van der Waals surface area (Å²) < 4.78 is 0. The van der Waals surface area contributed by atoms with Gasteiger partial charge in [0.1, 0.15) is 0 Å². The van der Waals surface area contributed by atoms with Gasteiger partial charge in [0.2, 0.25) is 5.91 Å². The quantitative estimate of drug-likeness (QED) is 0.656. The summed E-state index contributed by atoms with van der Waals surface area (Å²) in [6, 6.07) is -0.415. The van der Waals surface area contributed by atoms with Crippen LogP contribution in [0.2, 0.25) is 0 Å². The third kappa shape index (κ3) is 4.40. The molecule has 4 N–H and O–H groups in total. The monoisotopic (exact) mass is 245 g/mol. The molecule has 5 nitrogen and oxygen atoms in total. The van der Waals surface area contributed by atoms with E-state index in [4.69, 9.17) is 5.73 Å². The molecule has 1 fully saturated rings. The third-order valence-corrected chi connectivity index (χ3v) is 3.95. The van der Waals surface area contributed by atoms with E-state index in [1.807, 2.05) is 17.1 Å². The fourth-order valence-corrected chi connectivity index (χ4v) is 3.20. The van der Waals surface area contributed by atoms with Gasteiger partial charge in [-0.3, -0.25) is 10.1 Å². The van der Waals surface area contributed by atoms with Gasteiger partial charge in [0.05, 0.1) is 6.54 Å². The Hall–Kier alpha value is -0.750. The highest BCUT2D eigenvalue weighted by Crippen LogP contribution is 2.29. The van der Waals surface area contributed by atoms with E-state index in [0.717, 1.165) is 12.2 Å².